The van der Waals surface area contributed by atoms with Crippen molar-refractivity contribution in [1.82, 2.24) is 18.9 Å². The lowest BCUT2D eigenvalue weighted by Gasteiger charge is -2.25. The molecule has 2 unspecified atom stereocenters. The van der Waals surface area contributed by atoms with Crippen LogP contribution in [-0.2, 0) is 32.2 Å². The number of carbonyl (C=O) groups excluding carboxylic acids is 2. The molecule has 0 fully saturated rings. The Morgan fingerprint density at radius 2 is 1.10 bits per heavy atom. The second-order valence-corrected chi connectivity index (χ2v) is 9.78. The zero-order valence-electron chi connectivity index (χ0n) is 23.7. The molecule has 0 spiro atoms. The van der Waals surface area contributed by atoms with E-state index in [0.29, 0.717) is 13.1 Å². The number of rotatable bonds is 12. The normalized spacial score (nSPS) is 13.3. The molecule has 2 atom stereocenters. The Morgan fingerprint density at radius 3 is 1.45 bits per heavy atom. The summed E-state index contributed by atoms with van der Waals surface area (Å²) < 4.78 is 26.3. The van der Waals surface area contributed by atoms with E-state index in [9.17, 15) is 9.59 Å². The highest BCUT2D eigenvalue weighted by Gasteiger charge is 2.21. The van der Waals surface area contributed by atoms with E-state index in [2.05, 4.69) is 0 Å². The highest BCUT2D eigenvalue weighted by Crippen LogP contribution is 2.28. The summed E-state index contributed by atoms with van der Waals surface area (Å²) in [5.74, 6) is 0.162. The van der Waals surface area contributed by atoms with Gasteiger partial charge in [0.2, 0.25) is 0 Å². The van der Waals surface area contributed by atoms with Gasteiger partial charge in [-0.25, -0.2) is 9.59 Å². The van der Waals surface area contributed by atoms with Crippen LogP contribution in [0.1, 0.15) is 0 Å². The number of likely N-dealkylation sites (N-methyl/N-ethyl adjacent to an activating group) is 2. The van der Waals surface area contributed by atoms with Crippen molar-refractivity contribution in [3.8, 4) is 11.5 Å². The highest BCUT2D eigenvalue weighted by molar-refractivity contribution is 5.92. The maximum atomic E-state index is 12.7. The van der Waals surface area contributed by atoms with Crippen LogP contribution in [0.4, 0.5) is 0 Å². The van der Waals surface area contributed by atoms with Gasteiger partial charge in [-0.1, -0.05) is 24.3 Å². The van der Waals surface area contributed by atoms with Gasteiger partial charge in [-0.3, -0.25) is 9.80 Å². The van der Waals surface area contributed by atoms with Gasteiger partial charge in [0.05, 0.1) is 38.3 Å². The van der Waals surface area contributed by atoms with E-state index in [-0.39, 0.29) is 0 Å². The van der Waals surface area contributed by atoms with Crippen molar-refractivity contribution in [2.24, 2.45) is 0 Å². The van der Waals surface area contributed by atoms with Crippen LogP contribution in [0.2, 0.25) is 0 Å². The minimum absolute atomic E-state index is 0.373. The number of hydrogen-bond donors (Lipinski definition) is 0. The summed E-state index contributed by atoms with van der Waals surface area (Å²) in [6, 6.07) is 15.6. The summed E-state index contributed by atoms with van der Waals surface area (Å²) in [7, 11) is 10.5. The molecule has 0 N–H and O–H groups in total. The summed E-state index contributed by atoms with van der Waals surface area (Å²) in [6.07, 6.45) is 4.87. The van der Waals surface area contributed by atoms with E-state index in [1.807, 2.05) is 98.2 Å². The molecule has 0 aliphatic rings. The lowest BCUT2D eigenvalue weighted by molar-refractivity contribution is -0.154. The summed E-state index contributed by atoms with van der Waals surface area (Å²) >= 11 is 0. The molecule has 2 aromatic heterocycles. The van der Waals surface area contributed by atoms with E-state index in [0.717, 1.165) is 45.5 Å². The van der Waals surface area contributed by atoms with E-state index in [4.69, 9.17) is 18.9 Å². The van der Waals surface area contributed by atoms with E-state index in [1.54, 1.807) is 24.0 Å². The Kier molecular flexibility index (Phi) is 9.13. The lowest BCUT2D eigenvalue weighted by atomic mass is 10.2. The van der Waals surface area contributed by atoms with Gasteiger partial charge in [0, 0.05) is 35.3 Å². The quantitative estimate of drug-likeness (QED) is 0.150. The van der Waals surface area contributed by atoms with E-state index >= 15 is 0 Å². The monoisotopic (exact) mass is 548 g/mol. The Bertz CT molecular complexity index is 1390. The molecule has 0 aliphatic carbocycles. The fourth-order valence-corrected chi connectivity index (χ4v) is 4.52. The Labute approximate surface area is 233 Å². The number of hydrogen-bond acceptors (Lipinski definition) is 8. The van der Waals surface area contributed by atoms with Crippen LogP contribution in [0.25, 0.3) is 21.8 Å². The van der Waals surface area contributed by atoms with Crippen molar-refractivity contribution in [1.29, 1.82) is 0 Å². The van der Waals surface area contributed by atoms with Gasteiger partial charge in [-0.15, -0.1) is 0 Å². The highest BCUT2D eigenvalue weighted by atomic mass is 16.6. The third-order valence-corrected chi connectivity index (χ3v) is 6.66. The van der Waals surface area contributed by atoms with Gasteiger partial charge in [-0.05, 0) is 52.5 Å². The number of benzene rings is 2. The molecule has 4 aromatic rings. The van der Waals surface area contributed by atoms with Gasteiger partial charge in [0.1, 0.15) is 11.5 Å². The predicted octanol–water partition coefficient (Wildman–Crippen LogP) is 3.73. The molecule has 0 aliphatic heterocycles. The molecule has 10 heteroatoms. The molecule has 4 rings (SSSR count). The zero-order chi connectivity index (χ0) is 28.8. The van der Waals surface area contributed by atoms with Crippen LogP contribution in [-0.4, -0.2) is 85.7 Å². The average molecular weight is 549 g/mol. The smallest absolute Gasteiger partial charge is 0.332 e. The van der Waals surface area contributed by atoms with Gasteiger partial charge in [0.25, 0.3) is 0 Å². The maximum Gasteiger partial charge on any atom is 0.332 e. The van der Waals surface area contributed by atoms with Crippen molar-refractivity contribution in [2.45, 2.75) is 25.5 Å². The maximum absolute atomic E-state index is 12.7. The first kappa shape index (κ1) is 28.7. The SMILES string of the molecule is COc1cccc2ccn(CC(OC(=O)/C=C/C(=O)OC(Cn3ccc4cccc(OC)c43)N(C)C)N(C)C)c12. The van der Waals surface area contributed by atoms with Crippen LogP contribution in [0.15, 0.2) is 73.1 Å². The molecule has 10 nitrogen and oxygen atoms in total. The summed E-state index contributed by atoms with van der Waals surface area (Å²) in [6.45, 7) is 0.746. The third kappa shape index (κ3) is 6.47. The van der Waals surface area contributed by atoms with E-state index < -0.39 is 24.4 Å². The minimum atomic E-state index is -0.651. The number of esters is 2. The topological polar surface area (TPSA) is 87.4 Å². The third-order valence-electron chi connectivity index (χ3n) is 6.66. The summed E-state index contributed by atoms with van der Waals surface area (Å²) in [5.41, 5.74) is 1.82. The number of fused-ring (bicyclic) bond motifs is 2. The molecule has 0 radical (unpaired) electrons. The van der Waals surface area contributed by atoms with Gasteiger partial charge >= 0.3 is 11.9 Å². The second-order valence-electron chi connectivity index (χ2n) is 9.78. The number of aromatic nitrogens is 2. The van der Waals surface area contributed by atoms with Gasteiger partial charge < -0.3 is 28.1 Å². The number of carbonyl (C=O) groups is 2. The summed E-state index contributed by atoms with van der Waals surface area (Å²) in [5, 5.41) is 2.04. The predicted molar refractivity (Wildman–Crippen MR) is 153 cm³/mol. The van der Waals surface area contributed by atoms with Gasteiger partial charge in [0.15, 0.2) is 12.5 Å². The molecular formula is C30H36N4O6. The average Bonchev–Trinajstić information content (AvgIpc) is 3.55. The molecule has 212 valence electrons. The number of para-hydroxylation sites is 2. The van der Waals surface area contributed by atoms with Gasteiger partial charge in [-0.2, -0.15) is 0 Å². The first-order valence-electron chi connectivity index (χ1n) is 12.9. The molecule has 0 amide bonds. The Morgan fingerprint density at radius 1 is 0.700 bits per heavy atom. The Hall–Kier alpha value is -4.28. The number of methoxy groups -OCH3 is 2. The lowest BCUT2D eigenvalue weighted by Crippen LogP contribution is -2.36. The molecule has 0 saturated heterocycles. The molecule has 2 heterocycles. The van der Waals surface area contributed by atoms with Crippen molar-refractivity contribution in [3.05, 3.63) is 73.1 Å². The number of nitrogens with zero attached hydrogens (tertiary/aromatic N) is 4. The molecule has 2 aromatic carbocycles. The molecule has 40 heavy (non-hydrogen) atoms. The van der Waals surface area contributed by atoms with Crippen molar-refractivity contribution in [3.63, 3.8) is 0 Å². The van der Waals surface area contributed by atoms with Crippen LogP contribution in [0.3, 0.4) is 0 Å². The van der Waals surface area contributed by atoms with Crippen molar-refractivity contribution >= 4 is 33.7 Å². The van der Waals surface area contributed by atoms with Crippen LogP contribution < -0.4 is 9.47 Å². The van der Waals surface area contributed by atoms with Crippen LogP contribution in [0.5, 0.6) is 11.5 Å². The zero-order valence-corrected chi connectivity index (χ0v) is 23.7. The number of ether oxygens (including phenoxy) is 4. The van der Waals surface area contributed by atoms with Crippen LogP contribution >= 0.6 is 0 Å². The van der Waals surface area contributed by atoms with Crippen LogP contribution in [0, 0.1) is 0 Å². The fraction of sp³-hybridized carbons (Fsp3) is 0.333. The standard InChI is InChI=1S/C30H36N4O6/c1-31(2)25(19-33-17-15-21-9-7-11-23(37-5)29(21)33)39-27(35)13-14-28(36)40-26(32(3)4)20-34-18-16-22-10-8-12-24(38-6)30(22)34/h7-18,25-26H,19-20H2,1-6H3/b14-13+. The first-order chi connectivity index (χ1) is 19.2. The largest absolute Gasteiger partial charge is 0.495 e. The second kappa shape index (κ2) is 12.7. The fourth-order valence-electron chi connectivity index (χ4n) is 4.52. The van der Waals surface area contributed by atoms with E-state index in [1.165, 1.54) is 0 Å². The van der Waals surface area contributed by atoms with Crippen molar-refractivity contribution < 1.29 is 28.5 Å². The summed E-state index contributed by atoms with van der Waals surface area (Å²) in [4.78, 5) is 28.9. The molecule has 0 saturated carbocycles. The molecular weight excluding hydrogens is 512 g/mol. The first-order valence-corrected chi connectivity index (χ1v) is 12.9. The molecule has 0 bridgehead atoms. The minimum Gasteiger partial charge on any atom is -0.495 e. The van der Waals surface area contributed by atoms with Crippen molar-refractivity contribution in [2.75, 3.05) is 42.4 Å². The Balaban J connectivity index is 1.40.